The summed E-state index contributed by atoms with van der Waals surface area (Å²) in [6, 6.07) is 4.26. The molecule has 0 radical (unpaired) electrons. The number of hydrogen-bond acceptors (Lipinski definition) is 6. The van der Waals surface area contributed by atoms with Crippen LogP contribution in [-0.4, -0.2) is 111 Å². The minimum absolute atomic E-state index is 0.00784. The van der Waals surface area contributed by atoms with E-state index in [4.69, 9.17) is 4.74 Å². The summed E-state index contributed by atoms with van der Waals surface area (Å²) < 4.78 is 34.8. The molecule has 0 N–H and O–H groups in total. The topological polar surface area (TPSA) is 73.4 Å². The fourth-order valence-corrected chi connectivity index (χ4v) is 8.31. The maximum Gasteiger partial charge on any atom is 0.248 e. The van der Waals surface area contributed by atoms with Crippen molar-refractivity contribution in [2.45, 2.75) is 69.9 Å². The van der Waals surface area contributed by atoms with Crippen molar-refractivity contribution in [2.75, 3.05) is 66.1 Å². The van der Waals surface area contributed by atoms with Crippen LogP contribution in [-0.2, 0) is 19.6 Å². The zero-order chi connectivity index (χ0) is 25.9. The average molecular weight is 521 g/mol. The van der Waals surface area contributed by atoms with Crippen LogP contribution < -0.4 is 0 Å². The lowest BCUT2D eigenvalue weighted by Crippen LogP contribution is -2.54. The normalized spacial score (nSPS) is 23.8. The third kappa shape index (κ3) is 6.30. The van der Waals surface area contributed by atoms with Gasteiger partial charge in [0.25, 0.3) is 0 Å². The van der Waals surface area contributed by atoms with E-state index in [0.717, 1.165) is 75.2 Å². The van der Waals surface area contributed by atoms with Crippen LogP contribution in [0.15, 0.2) is 17.0 Å². The monoisotopic (exact) mass is 520 g/mol. The third-order valence-electron chi connectivity index (χ3n) is 8.15. The van der Waals surface area contributed by atoms with Crippen molar-refractivity contribution in [2.24, 2.45) is 0 Å². The number of rotatable bonds is 7. The predicted molar refractivity (Wildman–Crippen MR) is 142 cm³/mol. The molecule has 36 heavy (non-hydrogen) atoms. The Balaban J connectivity index is 1.29. The first kappa shape index (κ1) is 27.5. The van der Waals surface area contributed by atoms with Gasteiger partial charge in [0.2, 0.25) is 15.9 Å². The Kier molecular flexibility index (Phi) is 9.09. The number of piperazine rings is 1. The van der Waals surface area contributed by atoms with E-state index in [0.29, 0.717) is 17.5 Å². The summed E-state index contributed by atoms with van der Waals surface area (Å²) in [6.45, 7) is 12.1. The molecule has 9 heteroatoms. The maximum atomic E-state index is 13.7. The molecule has 1 aromatic rings. The number of carbonyl (C=O) groups excluding carboxylic acids is 1. The number of benzene rings is 1. The van der Waals surface area contributed by atoms with Gasteiger partial charge in [0, 0.05) is 44.8 Å². The SMILES string of the molecule is Cc1cc(C)c(S(=O)(=O)N2CCCCC2COCC(=O)N2CCN(C3CCN(C)CC3)CC2)c(C)c1. The molecule has 1 unspecified atom stereocenters. The minimum Gasteiger partial charge on any atom is -0.370 e. The number of amides is 1. The molecule has 1 amide bonds. The molecule has 0 aliphatic carbocycles. The van der Waals surface area contributed by atoms with E-state index >= 15 is 0 Å². The number of carbonyl (C=O) groups is 1. The molecule has 4 rings (SSSR count). The highest BCUT2D eigenvalue weighted by Gasteiger charge is 2.36. The smallest absolute Gasteiger partial charge is 0.248 e. The summed E-state index contributed by atoms with van der Waals surface area (Å²) in [5, 5.41) is 0. The van der Waals surface area contributed by atoms with Gasteiger partial charge < -0.3 is 14.5 Å². The quantitative estimate of drug-likeness (QED) is 0.550. The van der Waals surface area contributed by atoms with Gasteiger partial charge >= 0.3 is 0 Å². The molecule has 0 saturated carbocycles. The van der Waals surface area contributed by atoms with Crippen molar-refractivity contribution in [1.82, 2.24) is 19.0 Å². The Bertz CT molecular complexity index is 992. The molecule has 0 aromatic heterocycles. The predicted octanol–water partition coefficient (Wildman–Crippen LogP) is 2.41. The Morgan fingerprint density at radius 1 is 0.917 bits per heavy atom. The summed E-state index contributed by atoms with van der Waals surface area (Å²) in [5.41, 5.74) is 2.63. The van der Waals surface area contributed by atoms with E-state index in [1.54, 1.807) is 4.31 Å². The number of aryl methyl sites for hydroxylation is 3. The molecule has 1 aromatic carbocycles. The van der Waals surface area contributed by atoms with Crippen molar-refractivity contribution >= 4 is 15.9 Å². The lowest BCUT2D eigenvalue weighted by molar-refractivity contribution is -0.138. The molecule has 3 aliphatic rings. The molecule has 0 bridgehead atoms. The van der Waals surface area contributed by atoms with Crippen LogP contribution in [0.2, 0.25) is 0 Å². The van der Waals surface area contributed by atoms with Crippen LogP contribution in [0.25, 0.3) is 0 Å². The molecule has 3 heterocycles. The van der Waals surface area contributed by atoms with Gasteiger partial charge in [-0.05, 0) is 77.7 Å². The first-order valence-corrected chi connectivity index (χ1v) is 15.0. The van der Waals surface area contributed by atoms with E-state index in [2.05, 4.69) is 16.8 Å². The Morgan fingerprint density at radius 3 is 2.19 bits per heavy atom. The highest BCUT2D eigenvalue weighted by atomic mass is 32.2. The summed E-state index contributed by atoms with van der Waals surface area (Å²) in [6.07, 6.45) is 4.98. The molecule has 0 spiro atoms. The lowest BCUT2D eigenvalue weighted by atomic mass is 10.0. The van der Waals surface area contributed by atoms with Crippen LogP contribution >= 0.6 is 0 Å². The van der Waals surface area contributed by atoms with E-state index < -0.39 is 10.0 Å². The molecule has 3 fully saturated rings. The number of ether oxygens (including phenoxy) is 1. The van der Waals surface area contributed by atoms with Crippen LogP contribution in [0.1, 0.15) is 48.8 Å². The zero-order valence-corrected chi connectivity index (χ0v) is 23.4. The van der Waals surface area contributed by atoms with E-state index in [-0.39, 0.29) is 25.2 Å². The maximum absolute atomic E-state index is 13.7. The van der Waals surface area contributed by atoms with Crippen LogP contribution in [0, 0.1) is 20.8 Å². The van der Waals surface area contributed by atoms with Crippen molar-refractivity contribution in [1.29, 1.82) is 0 Å². The highest BCUT2D eigenvalue weighted by Crippen LogP contribution is 2.30. The Hall–Kier alpha value is -1.52. The van der Waals surface area contributed by atoms with Gasteiger partial charge in [0.1, 0.15) is 6.61 Å². The second-order valence-electron chi connectivity index (χ2n) is 11.0. The number of likely N-dealkylation sites (tertiary alicyclic amines) is 1. The van der Waals surface area contributed by atoms with Crippen LogP contribution in [0.3, 0.4) is 0 Å². The molecular weight excluding hydrogens is 476 g/mol. The average Bonchev–Trinajstić information content (AvgIpc) is 2.84. The zero-order valence-electron chi connectivity index (χ0n) is 22.5. The number of hydrogen-bond donors (Lipinski definition) is 0. The number of nitrogens with zero attached hydrogens (tertiary/aromatic N) is 4. The summed E-state index contributed by atoms with van der Waals surface area (Å²) in [4.78, 5) is 20.1. The molecule has 1 atom stereocenters. The number of piperidine rings is 2. The van der Waals surface area contributed by atoms with E-state index in [1.807, 2.05) is 37.8 Å². The molecule has 3 aliphatic heterocycles. The van der Waals surface area contributed by atoms with Gasteiger partial charge in [-0.2, -0.15) is 4.31 Å². The molecule has 8 nitrogen and oxygen atoms in total. The van der Waals surface area contributed by atoms with Gasteiger partial charge in [-0.3, -0.25) is 9.69 Å². The summed E-state index contributed by atoms with van der Waals surface area (Å²) >= 11 is 0. The Labute approximate surface area is 217 Å². The van der Waals surface area contributed by atoms with Gasteiger partial charge in [-0.15, -0.1) is 0 Å². The van der Waals surface area contributed by atoms with Crippen LogP contribution in [0.5, 0.6) is 0 Å². The van der Waals surface area contributed by atoms with Gasteiger partial charge in [-0.1, -0.05) is 24.1 Å². The van der Waals surface area contributed by atoms with Gasteiger partial charge in [0.05, 0.1) is 11.5 Å². The van der Waals surface area contributed by atoms with E-state index in [1.165, 1.54) is 12.8 Å². The summed E-state index contributed by atoms with van der Waals surface area (Å²) in [5.74, 6) is 0.00784. The van der Waals surface area contributed by atoms with E-state index in [9.17, 15) is 13.2 Å². The van der Waals surface area contributed by atoms with Crippen molar-refractivity contribution in [3.8, 4) is 0 Å². The second kappa shape index (κ2) is 11.9. The number of sulfonamides is 1. The molecule has 3 saturated heterocycles. The fourth-order valence-electron chi connectivity index (χ4n) is 6.22. The second-order valence-corrected chi connectivity index (χ2v) is 12.8. The largest absolute Gasteiger partial charge is 0.370 e. The third-order valence-corrected chi connectivity index (χ3v) is 10.4. The van der Waals surface area contributed by atoms with Crippen molar-refractivity contribution in [3.05, 3.63) is 28.8 Å². The minimum atomic E-state index is -3.63. The Morgan fingerprint density at radius 2 is 1.56 bits per heavy atom. The standard InChI is InChI=1S/C27H44N4O4S/c1-21-17-22(2)27(23(3)18-21)36(33,34)31-10-6-5-7-25(31)19-35-20-26(32)30-15-13-29(14-16-30)24-8-11-28(4)12-9-24/h17-18,24-25H,5-16,19-20H2,1-4H3. The first-order chi connectivity index (χ1) is 17.2. The van der Waals surface area contributed by atoms with Gasteiger partial charge in [-0.25, -0.2) is 8.42 Å². The first-order valence-electron chi connectivity index (χ1n) is 13.5. The van der Waals surface area contributed by atoms with Crippen molar-refractivity contribution in [3.63, 3.8) is 0 Å². The molecule has 202 valence electrons. The van der Waals surface area contributed by atoms with Gasteiger partial charge in [0.15, 0.2) is 0 Å². The lowest BCUT2D eigenvalue weighted by Gasteiger charge is -2.42. The highest BCUT2D eigenvalue weighted by molar-refractivity contribution is 7.89. The van der Waals surface area contributed by atoms with Crippen molar-refractivity contribution < 1.29 is 17.9 Å². The fraction of sp³-hybridized carbons (Fsp3) is 0.741. The van der Waals surface area contributed by atoms with Crippen LogP contribution in [0.4, 0.5) is 0 Å². The molecular formula is C27H44N4O4S. The summed E-state index contributed by atoms with van der Waals surface area (Å²) in [7, 11) is -1.45.